The van der Waals surface area contributed by atoms with Crippen LogP contribution in [0.5, 0.6) is 0 Å². The topological polar surface area (TPSA) is 70.1 Å². The van der Waals surface area contributed by atoms with Crippen LogP contribution in [0.25, 0.3) is 0 Å². The molecule has 0 aromatic carbocycles. The van der Waals surface area contributed by atoms with Crippen molar-refractivity contribution in [2.24, 2.45) is 0 Å². The molecule has 0 aromatic rings. The molecule has 0 saturated heterocycles. The molecule has 0 spiro atoms. The van der Waals surface area contributed by atoms with Gasteiger partial charge in [-0.2, -0.15) is 0 Å². The molecule has 0 saturated carbocycles. The van der Waals surface area contributed by atoms with Crippen LogP contribution in [0.2, 0.25) is 0 Å². The summed E-state index contributed by atoms with van der Waals surface area (Å²) in [5.41, 5.74) is 0. The summed E-state index contributed by atoms with van der Waals surface area (Å²) in [4.78, 5) is 0. The summed E-state index contributed by atoms with van der Waals surface area (Å²) in [6, 6.07) is 0. The zero-order valence-corrected chi connectivity index (χ0v) is 5.00. The van der Waals surface area contributed by atoms with Crippen molar-refractivity contribution in [2.45, 2.75) is 0 Å². The summed E-state index contributed by atoms with van der Waals surface area (Å²) in [6.45, 7) is 0. The third-order valence-corrected chi connectivity index (χ3v) is 0. The molecule has 0 radical (unpaired) electrons. The molecule has 0 aromatic heterocycles. The SMILES string of the molecule is [Li+].[Li+].[OH-].[O]=[Al][O-]. The van der Waals surface area contributed by atoms with Crippen LogP contribution >= 0.6 is 0 Å². The molecule has 0 fully saturated rings. The van der Waals surface area contributed by atoms with Crippen molar-refractivity contribution >= 4 is 15.5 Å². The van der Waals surface area contributed by atoms with Gasteiger partial charge in [0.1, 0.15) is 0 Å². The Morgan fingerprint density at radius 1 is 1.33 bits per heavy atom. The molecule has 6 heavy (non-hydrogen) atoms. The minimum absolute atomic E-state index is 0. The fourth-order valence-electron chi connectivity index (χ4n) is 0. The summed E-state index contributed by atoms with van der Waals surface area (Å²) in [6.07, 6.45) is 0. The van der Waals surface area contributed by atoms with Crippen molar-refractivity contribution < 1.29 is 51.2 Å². The predicted molar refractivity (Wildman–Crippen MR) is 8.38 cm³/mol. The first kappa shape index (κ1) is 26.7. The molecule has 0 amide bonds. The maximum atomic E-state index is 8.46. The maximum absolute atomic E-state index is 8.46. The molecule has 0 unspecified atom stereocenters. The van der Waals surface area contributed by atoms with E-state index in [-0.39, 0.29) is 43.2 Å². The Bertz CT molecular complexity index is 16.3. The molecular formula is HAlLi2O3. The second-order valence-electron chi connectivity index (χ2n) is 0.0962. The van der Waals surface area contributed by atoms with Gasteiger partial charge in [0.05, 0.1) is 0 Å². The molecular weight excluding hydrogens is 88.9 g/mol. The Hall–Kier alpha value is 1.29. The molecule has 0 heterocycles. The van der Waals surface area contributed by atoms with Gasteiger partial charge in [-0.25, -0.2) is 0 Å². The Morgan fingerprint density at radius 2 is 1.33 bits per heavy atom. The van der Waals surface area contributed by atoms with E-state index in [4.69, 9.17) is 7.96 Å². The van der Waals surface area contributed by atoms with Gasteiger partial charge in [-0.3, -0.25) is 0 Å². The van der Waals surface area contributed by atoms with Crippen molar-refractivity contribution in [1.29, 1.82) is 0 Å². The Labute approximate surface area is 66.4 Å². The van der Waals surface area contributed by atoms with Gasteiger partial charge in [-0.1, -0.05) is 0 Å². The fraction of sp³-hybridized carbons (Fsp3) is 0. The van der Waals surface area contributed by atoms with E-state index in [9.17, 15) is 0 Å². The molecule has 0 rings (SSSR count). The van der Waals surface area contributed by atoms with Crippen LogP contribution in [0.4, 0.5) is 0 Å². The van der Waals surface area contributed by atoms with Crippen LogP contribution in [0.1, 0.15) is 0 Å². The van der Waals surface area contributed by atoms with Gasteiger partial charge in [0.25, 0.3) is 0 Å². The van der Waals surface area contributed by atoms with E-state index in [1.165, 1.54) is 0 Å². The standard InChI is InChI=1S/Al.2Li.H2O.2O/h;;;1H2;;/q;2*+1;;;-1/p-1. The van der Waals surface area contributed by atoms with Crippen molar-refractivity contribution in [3.05, 3.63) is 0 Å². The van der Waals surface area contributed by atoms with Crippen LogP contribution in [-0.4, -0.2) is 21.0 Å². The predicted octanol–water partition coefficient (Wildman–Crippen LogP) is -7.86. The Morgan fingerprint density at radius 3 is 1.33 bits per heavy atom. The molecule has 0 aliphatic rings. The van der Waals surface area contributed by atoms with Gasteiger partial charge in [0, 0.05) is 0 Å². The van der Waals surface area contributed by atoms with E-state index in [2.05, 4.69) is 0 Å². The number of hydrogen-bond acceptors (Lipinski definition) is 3. The summed E-state index contributed by atoms with van der Waals surface area (Å²) in [5.74, 6) is 0. The molecule has 6 heteroatoms. The van der Waals surface area contributed by atoms with E-state index in [1.807, 2.05) is 0 Å². The molecule has 0 aliphatic carbocycles. The Kier molecular flexibility index (Phi) is 149. The zero-order valence-electron chi connectivity index (χ0n) is 3.84. The van der Waals surface area contributed by atoms with Crippen LogP contribution < -0.4 is 41.9 Å². The summed E-state index contributed by atoms with van der Waals surface area (Å²) < 4.78 is 16.9. The van der Waals surface area contributed by atoms with Gasteiger partial charge in [0.15, 0.2) is 0 Å². The first-order chi connectivity index (χ1) is 1.41. The van der Waals surface area contributed by atoms with Crippen molar-refractivity contribution in [3.63, 3.8) is 0 Å². The van der Waals surface area contributed by atoms with Crippen LogP contribution in [0.15, 0.2) is 0 Å². The number of hydrogen-bond donors (Lipinski definition) is 0. The molecule has 1 N–H and O–H groups in total. The van der Waals surface area contributed by atoms with Gasteiger partial charge < -0.3 is 5.48 Å². The third-order valence-electron chi connectivity index (χ3n) is 0. The second kappa shape index (κ2) is 33.6. The van der Waals surface area contributed by atoms with Crippen LogP contribution in [0, 0.1) is 0 Å². The average Bonchev–Trinajstić information content (AvgIpc) is 0.918. The van der Waals surface area contributed by atoms with E-state index < -0.39 is 15.5 Å². The third kappa shape index (κ3) is 58.6. The van der Waals surface area contributed by atoms with Gasteiger partial charge >= 0.3 is 61.2 Å². The first-order valence-corrected chi connectivity index (χ1v) is 1.41. The summed E-state index contributed by atoms with van der Waals surface area (Å²) >= 11 is -1.75. The van der Waals surface area contributed by atoms with E-state index in [1.54, 1.807) is 0 Å². The van der Waals surface area contributed by atoms with Crippen LogP contribution in [0.3, 0.4) is 0 Å². The normalized spacial score (nSPS) is 1.33. The molecule has 0 atom stereocenters. The average molecular weight is 89.9 g/mol. The summed E-state index contributed by atoms with van der Waals surface area (Å²) in [7, 11) is 0. The number of rotatable bonds is 0. The minimum atomic E-state index is -1.75. The second-order valence-corrected chi connectivity index (χ2v) is 0.289. The van der Waals surface area contributed by atoms with Crippen molar-refractivity contribution in [2.75, 3.05) is 0 Å². The molecule has 24 valence electrons. The first-order valence-electron chi connectivity index (χ1n) is 0.471. The van der Waals surface area contributed by atoms with Crippen LogP contribution in [-0.2, 0) is 3.80 Å². The van der Waals surface area contributed by atoms with E-state index >= 15 is 0 Å². The van der Waals surface area contributed by atoms with Gasteiger partial charge in [0.2, 0.25) is 0 Å². The van der Waals surface area contributed by atoms with Gasteiger partial charge in [-0.05, 0) is 0 Å². The molecule has 0 bridgehead atoms. The molecule has 3 nitrogen and oxygen atoms in total. The fourth-order valence-corrected chi connectivity index (χ4v) is 0. The summed E-state index contributed by atoms with van der Waals surface area (Å²) in [5, 5.41) is 0. The monoisotopic (exact) mass is 90.0 g/mol. The van der Waals surface area contributed by atoms with Crippen molar-refractivity contribution in [1.82, 2.24) is 0 Å². The zero-order chi connectivity index (χ0) is 2.71. The van der Waals surface area contributed by atoms with Crippen molar-refractivity contribution in [3.8, 4) is 0 Å². The van der Waals surface area contributed by atoms with Gasteiger partial charge in [-0.15, -0.1) is 0 Å². The quantitative estimate of drug-likeness (QED) is 0.277. The van der Waals surface area contributed by atoms with E-state index in [0.29, 0.717) is 0 Å². The Balaban J connectivity index is -0.00000000667. The van der Waals surface area contributed by atoms with E-state index in [0.717, 1.165) is 0 Å². The molecule has 0 aliphatic heterocycles.